The van der Waals surface area contributed by atoms with Gasteiger partial charge in [0.1, 0.15) is 6.20 Å². The van der Waals surface area contributed by atoms with Gasteiger partial charge in [-0.15, -0.1) is 0 Å². The van der Waals surface area contributed by atoms with E-state index < -0.39 is 4.92 Å². The molecule has 0 spiro atoms. The van der Waals surface area contributed by atoms with E-state index >= 15 is 0 Å². The van der Waals surface area contributed by atoms with Crippen LogP contribution in [0.25, 0.3) is 0 Å². The van der Waals surface area contributed by atoms with E-state index in [9.17, 15) is 10.1 Å². The SMILES string of the molecule is CCC1=CN=C([N+](=O)[O-])C1. The Morgan fingerprint density at radius 2 is 2.60 bits per heavy atom. The van der Waals surface area contributed by atoms with Crippen LogP contribution in [0.1, 0.15) is 19.8 Å². The normalized spacial score (nSPS) is 16.5. The van der Waals surface area contributed by atoms with Gasteiger partial charge in [0, 0.05) is 0 Å². The monoisotopic (exact) mass is 140 g/mol. The van der Waals surface area contributed by atoms with Gasteiger partial charge >= 0.3 is 5.84 Å². The third kappa shape index (κ3) is 1.21. The molecule has 0 saturated carbocycles. The molecule has 0 radical (unpaired) electrons. The molecule has 4 heteroatoms. The molecule has 0 saturated heterocycles. The molecular weight excluding hydrogens is 132 g/mol. The van der Waals surface area contributed by atoms with Crippen LogP contribution in [0, 0.1) is 10.1 Å². The summed E-state index contributed by atoms with van der Waals surface area (Å²) in [6, 6.07) is 0. The van der Waals surface area contributed by atoms with Crippen molar-refractivity contribution < 1.29 is 4.92 Å². The van der Waals surface area contributed by atoms with Crippen LogP contribution >= 0.6 is 0 Å². The van der Waals surface area contributed by atoms with Gasteiger partial charge in [0.15, 0.2) is 0 Å². The van der Waals surface area contributed by atoms with Crippen LogP contribution in [-0.2, 0) is 0 Å². The minimum atomic E-state index is -0.431. The maximum Gasteiger partial charge on any atom is 0.342 e. The van der Waals surface area contributed by atoms with Gasteiger partial charge in [0.2, 0.25) is 0 Å². The van der Waals surface area contributed by atoms with Crippen LogP contribution in [0.15, 0.2) is 16.8 Å². The first-order valence-electron chi connectivity index (χ1n) is 3.13. The third-order valence-corrected chi connectivity index (χ3v) is 1.45. The molecule has 0 fully saturated rings. The summed E-state index contributed by atoms with van der Waals surface area (Å²) < 4.78 is 0. The number of aliphatic imine (C=N–C) groups is 1. The van der Waals surface area contributed by atoms with E-state index in [0.29, 0.717) is 6.42 Å². The van der Waals surface area contributed by atoms with Crippen LogP contribution in [0.4, 0.5) is 0 Å². The fourth-order valence-electron chi connectivity index (χ4n) is 0.788. The second-order valence-corrected chi connectivity index (χ2v) is 2.12. The summed E-state index contributed by atoms with van der Waals surface area (Å²) in [5, 5.41) is 10.1. The van der Waals surface area contributed by atoms with E-state index in [4.69, 9.17) is 0 Å². The van der Waals surface area contributed by atoms with Gasteiger partial charge in [-0.05, 0) is 16.9 Å². The Hall–Kier alpha value is -1.19. The first-order chi connectivity index (χ1) is 4.74. The van der Waals surface area contributed by atoms with Crippen LogP contribution < -0.4 is 0 Å². The van der Waals surface area contributed by atoms with Crippen molar-refractivity contribution in [2.75, 3.05) is 0 Å². The Morgan fingerprint density at radius 1 is 1.90 bits per heavy atom. The summed E-state index contributed by atoms with van der Waals surface area (Å²) in [6.45, 7) is 1.96. The van der Waals surface area contributed by atoms with Crippen molar-refractivity contribution in [3.8, 4) is 0 Å². The molecule has 10 heavy (non-hydrogen) atoms. The number of nitrogens with zero attached hydrogens (tertiary/aromatic N) is 2. The maximum atomic E-state index is 10.1. The third-order valence-electron chi connectivity index (χ3n) is 1.45. The number of amidine groups is 1. The lowest BCUT2D eigenvalue weighted by Gasteiger charge is -1.92. The molecule has 0 aromatic heterocycles. The summed E-state index contributed by atoms with van der Waals surface area (Å²) in [7, 11) is 0. The number of rotatable bonds is 1. The Bertz CT molecular complexity index is 218. The highest BCUT2D eigenvalue weighted by molar-refractivity contribution is 5.79. The molecule has 0 atom stereocenters. The molecule has 0 bridgehead atoms. The zero-order chi connectivity index (χ0) is 7.56. The van der Waals surface area contributed by atoms with Gasteiger partial charge < -0.3 is 10.1 Å². The fourth-order valence-corrected chi connectivity index (χ4v) is 0.788. The quantitative estimate of drug-likeness (QED) is 0.408. The number of hydrogen-bond acceptors (Lipinski definition) is 3. The van der Waals surface area contributed by atoms with Gasteiger partial charge in [-0.1, -0.05) is 11.9 Å². The van der Waals surface area contributed by atoms with Crippen molar-refractivity contribution in [3.63, 3.8) is 0 Å². The van der Waals surface area contributed by atoms with Gasteiger partial charge in [0.05, 0.1) is 6.42 Å². The van der Waals surface area contributed by atoms with Crippen molar-refractivity contribution in [1.29, 1.82) is 0 Å². The van der Waals surface area contributed by atoms with Crippen molar-refractivity contribution in [3.05, 3.63) is 21.9 Å². The summed E-state index contributed by atoms with van der Waals surface area (Å²) in [4.78, 5) is 13.3. The summed E-state index contributed by atoms with van der Waals surface area (Å²) >= 11 is 0. The molecule has 1 aliphatic heterocycles. The van der Waals surface area contributed by atoms with Crippen molar-refractivity contribution in [1.82, 2.24) is 0 Å². The van der Waals surface area contributed by atoms with Crippen LogP contribution in [0.2, 0.25) is 0 Å². The Kier molecular flexibility index (Phi) is 1.80. The second kappa shape index (κ2) is 2.60. The largest absolute Gasteiger partial charge is 0.358 e. The van der Waals surface area contributed by atoms with Crippen molar-refractivity contribution in [2.45, 2.75) is 19.8 Å². The zero-order valence-electron chi connectivity index (χ0n) is 5.70. The molecule has 1 aliphatic rings. The summed E-state index contributed by atoms with van der Waals surface area (Å²) in [5.74, 6) is 0.0665. The van der Waals surface area contributed by atoms with E-state index in [-0.39, 0.29) is 5.84 Å². The average molecular weight is 140 g/mol. The molecule has 0 amide bonds. The molecule has 0 aromatic carbocycles. The first-order valence-corrected chi connectivity index (χ1v) is 3.13. The minimum absolute atomic E-state index is 0.0665. The van der Waals surface area contributed by atoms with Crippen LogP contribution in [0.5, 0.6) is 0 Å². The van der Waals surface area contributed by atoms with Crippen molar-refractivity contribution in [2.24, 2.45) is 4.99 Å². The van der Waals surface area contributed by atoms with E-state index in [1.54, 1.807) is 6.20 Å². The highest BCUT2D eigenvalue weighted by Crippen LogP contribution is 2.14. The van der Waals surface area contributed by atoms with E-state index in [1.165, 1.54) is 0 Å². The van der Waals surface area contributed by atoms with E-state index in [2.05, 4.69) is 4.99 Å². The molecule has 54 valence electrons. The average Bonchev–Trinajstić information content (AvgIpc) is 2.34. The van der Waals surface area contributed by atoms with Gasteiger partial charge in [-0.25, -0.2) is 0 Å². The summed E-state index contributed by atoms with van der Waals surface area (Å²) in [6.07, 6.45) is 2.85. The molecule has 0 aliphatic carbocycles. The zero-order valence-corrected chi connectivity index (χ0v) is 5.70. The van der Waals surface area contributed by atoms with Gasteiger partial charge in [0.25, 0.3) is 0 Å². The molecule has 4 nitrogen and oxygen atoms in total. The topological polar surface area (TPSA) is 55.5 Å². The smallest absolute Gasteiger partial charge is 0.342 e. The fraction of sp³-hybridized carbons (Fsp3) is 0.500. The molecule has 0 unspecified atom stereocenters. The van der Waals surface area contributed by atoms with E-state index in [1.807, 2.05) is 6.92 Å². The lowest BCUT2D eigenvalue weighted by atomic mass is 10.2. The second-order valence-electron chi connectivity index (χ2n) is 2.12. The highest BCUT2D eigenvalue weighted by atomic mass is 16.6. The van der Waals surface area contributed by atoms with Crippen LogP contribution in [0.3, 0.4) is 0 Å². The lowest BCUT2D eigenvalue weighted by molar-refractivity contribution is -0.352. The molecule has 0 aromatic rings. The molecule has 0 N–H and O–H groups in total. The number of nitro groups is 1. The standard InChI is InChI=1S/C6H8N2O2/c1-2-5-3-6(7-4-5)8(9)10/h4H,2-3H2,1H3. The lowest BCUT2D eigenvalue weighted by Crippen LogP contribution is -2.08. The summed E-state index contributed by atoms with van der Waals surface area (Å²) in [5.41, 5.74) is 1.03. The Labute approximate surface area is 58.4 Å². The van der Waals surface area contributed by atoms with Gasteiger partial charge in [-0.2, -0.15) is 0 Å². The minimum Gasteiger partial charge on any atom is -0.358 e. The van der Waals surface area contributed by atoms with Crippen molar-refractivity contribution >= 4 is 5.84 Å². The maximum absolute atomic E-state index is 10.1. The first kappa shape index (κ1) is 6.92. The number of hydrogen-bond donors (Lipinski definition) is 0. The predicted molar refractivity (Wildman–Crippen MR) is 37.4 cm³/mol. The van der Waals surface area contributed by atoms with Crippen LogP contribution in [-0.4, -0.2) is 10.8 Å². The molecular formula is C6H8N2O2. The highest BCUT2D eigenvalue weighted by Gasteiger charge is 2.18. The predicted octanol–water partition coefficient (Wildman–Crippen LogP) is 1.36. The Morgan fingerprint density at radius 3 is 2.90 bits per heavy atom. The van der Waals surface area contributed by atoms with E-state index in [0.717, 1.165) is 12.0 Å². The Balaban J connectivity index is 2.56. The molecule has 1 heterocycles. The van der Waals surface area contributed by atoms with Gasteiger partial charge in [-0.3, -0.25) is 0 Å². The molecule has 1 rings (SSSR count).